The molecule has 86 valence electrons. The van der Waals surface area contributed by atoms with Crippen LogP contribution >= 0.6 is 11.3 Å². The van der Waals surface area contributed by atoms with Crippen LogP contribution in [-0.4, -0.2) is 7.05 Å². The van der Waals surface area contributed by atoms with Gasteiger partial charge < -0.3 is 9.73 Å². The van der Waals surface area contributed by atoms with Gasteiger partial charge in [-0.1, -0.05) is 6.92 Å². The van der Waals surface area contributed by atoms with Crippen molar-refractivity contribution < 1.29 is 4.42 Å². The summed E-state index contributed by atoms with van der Waals surface area (Å²) in [4.78, 5) is 2.86. The number of thiophene rings is 1. The Morgan fingerprint density at radius 1 is 1.31 bits per heavy atom. The van der Waals surface area contributed by atoms with Crippen molar-refractivity contribution >= 4 is 11.3 Å². The molecular formula is C13H17NOS. The fourth-order valence-corrected chi connectivity index (χ4v) is 2.76. The van der Waals surface area contributed by atoms with Crippen LogP contribution in [0.2, 0.25) is 0 Å². The van der Waals surface area contributed by atoms with Gasteiger partial charge in [-0.05, 0) is 37.7 Å². The lowest BCUT2D eigenvalue weighted by molar-refractivity contribution is 0.431. The highest BCUT2D eigenvalue weighted by Gasteiger charge is 2.13. The van der Waals surface area contributed by atoms with Gasteiger partial charge in [0.05, 0.1) is 12.3 Å². The molecule has 3 heteroatoms. The van der Waals surface area contributed by atoms with Crippen molar-refractivity contribution in [3.8, 4) is 0 Å². The molecule has 0 radical (unpaired) electrons. The minimum absolute atomic E-state index is 0.276. The molecule has 0 bridgehead atoms. The zero-order valence-electron chi connectivity index (χ0n) is 9.69. The van der Waals surface area contributed by atoms with Crippen molar-refractivity contribution in [2.45, 2.75) is 25.8 Å². The number of furan rings is 1. The second-order valence-corrected chi connectivity index (χ2v) is 5.04. The molecule has 0 amide bonds. The Balaban J connectivity index is 2.07. The molecule has 16 heavy (non-hydrogen) atoms. The van der Waals surface area contributed by atoms with Crippen LogP contribution in [-0.2, 0) is 12.8 Å². The predicted molar refractivity (Wildman–Crippen MR) is 67.9 cm³/mol. The maximum absolute atomic E-state index is 5.43. The highest BCUT2D eigenvalue weighted by atomic mass is 32.1. The van der Waals surface area contributed by atoms with E-state index < -0.39 is 0 Å². The van der Waals surface area contributed by atoms with E-state index in [1.165, 1.54) is 9.75 Å². The third-order valence-electron chi connectivity index (χ3n) is 2.71. The minimum Gasteiger partial charge on any atom is -0.468 e. The van der Waals surface area contributed by atoms with E-state index in [1.54, 1.807) is 6.26 Å². The number of nitrogens with one attached hydrogen (secondary N) is 1. The monoisotopic (exact) mass is 235 g/mol. The summed E-state index contributed by atoms with van der Waals surface area (Å²) in [7, 11) is 1.97. The summed E-state index contributed by atoms with van der Waals surface area (Å²) < 4.78 is 5.43. The Bertz CT molecular complexity index is 419. The van der Waals surface area contributed by atoms with E-state index in [2.05, 4.69) is 24.4 Å². The van der Waals surface area contributed by atoms with Crippen molar-refractivity contribution in [1.29, 1.82) is 0 Å². The van der Waals surface area contributed by atoms with E-state index in [0.29, 0.717) is 0 Å². The molecule has 0 aliphatic heterocycles. The zero-order chi connectivity index (χ0) is 11.4. The lowest BCUT2D eigenvalue weighted by Gasteiger charge is -2.11. The van der Waals surface area contributed by atoms with Gasteiger partial charge in [0.1, 0.15) is 5.76 Å². The normalized spacial score (nSPS) is 12.9. The van der Waals surface area contributed by atoms with Crippen LogP contribution in [0.4, 0.5) is 0 Å². The zero-order valence-corrected chi connectivity index (χ0v) is 10.5. The number of hydrogen-bond acceptors (Lipinski definition) is 3. The average Bonchev–Trinajstić information content (AvgIpc) is 2.96. The molecule has 2 nitrogen and oxygen atoms in total. The van der Waals surface area contributed by atoms with Gasteiger partial charge in [-0.3, -0.25) is 0 Å². The maximum atomic E-state index is 5.43. The quantitative estimate of drug-likeness (QED) is 0.859. The fraction of sp³-hybridized carbons (Fsp3) is 0.385. The molecule has 2 aromatic heterocycles. The van der Waals surface area contributed by atoms with Crippen LogP contribution in [0.15, 0.2) is 34.9 Å². The first kappa shape index (κ1) is 11.4. The maximum Gasteiger partial charge on any atom is 0.121 e. The molecule has 0 spiro atoms. The Kier molecular flexibility index (Phi) is 3.80. The molecule has 1 atom stereocenters. The molecular weight excluding hydrogens is 218 g/mol. The first-order chi connectivity index (χ1) is 7.83. The highest BCUT2D eigenvalue weighted by molar-refractivity contribution is 7.11. The Labute approximate surface area is 100 Å². The number of rotatable bonds is 5. The predicted octanol–water partition coefficient (Wildman–Crippen LogP) is 3.41. The van der Waals surface area contributed by atoms with Gasteiger partial charge in [0.15, 0.2) is 0 Å². The lowest BCUT2D eigenvalue weighted by Crippen LogP contribution is -2.17. The standard InChI is InChI=1S/C13H17NOS/c1-3-10-6-7-11(16-10)9-12(14-2)13-5-4-8-15-13/h4-8,12,14H,3,9H2,1-2H3. The minimum atomic E-state index is 0.276. The van der Waals surface area contributed by atoms with Crippen LogP contribution in [0.1, 0.15) is 28.5 Å². The summed E-state index contributed by atoms with van der Waals surface area (Å²) in [5.74, 6) is 1.01. The van der Waals surface area contributed by atoms with E-state index in [1.807, 2.05) is 30.5 Å². The van der Waals surface area contributed by atoms with Crippen LogP contribution in [0.25, 0.3) is 0 Å². The third-order valence-corrected chi connectivity index (χ3v) is 3.96. The summed E-state index contributed by atoms with van der Waals surface area (Å²) in [6.07, 6.45) is 3.84. The van der Waals surface area contributed by atoms with E-state index in [4.69, 9.17) is 4.42 Å². The molecule has 0 saturated heterocycles. The molecule has 0 aromatic carbocycles. The second-order valence-electron chi connectivity index (χ2n) is 3.78. The Morgan fingerprint density at radius 2 is 2.12 bits per heavy atom. The molecule has 2 aromatic rings. The molecule has 1 N–H and O–H groups in total. The Hall–Kier alpha value is -1.06. The van der Waals surface area contributed by atoms with Gasteiger partial charge >= 0.3 is 0 Å². The molecule has 1 unspecified atom stereocenters. The van der Waals surface area contributed by atoms with Gasteiger partial charge in [-0.15, -0.1) is 11.3 Å². The largest absolute Gasteiger partial charge is 0.468 e. The van der Waals surface area contributed by atoms with E-state index >= 15 is 0 Å². The number of hydrogen-bond donors (Lipinski definition) is 1. The summed E-state index contributed by atoms with van der Waals surface area (Å²) in [5.41, 5.74) is 0. The first-order valence-corrected chi connectivity index (χ1v) is 6.43. The van der Waals surface area contributed by atoms with Crippen molar-refractivity contribution in [2.24, 2.45) is 0 Å². The summed E-state index contributed by atoms with van der Waals surface area (Å²) in [6, 6.07) is 8.67. The number of aryl methyl sites for hydroxylation is 1. The van der Waals surface area contributed by atoms with Gasteiger partial charge in [0, 0.05) is 16.2 Å². The lowest BCUT2D eigenvalue weighted by atomic mass is 10.1. The van der Waals surface area contributed by atoms with Crippen molar-refractivity contribution in [2.75, 3.05) is 7.05 Å². The van der Waals surface area contributed by atoms with E-state index in [0.717, 1.165) is 18.6 Å². The van der Waals surface area contributed by atoms with E-state index in [-0.39, 0.29) is 6.04 Å². The molecule has 2 heterocycles. The Morgan fingerprint density at radius 3 is 2.69 bits per heavy atom. The topological polar surface area (TPSA) is 25.2 Å². The van der Waals surface area contributed by atoms with Gasteiger partial charge in [-0.25, -0.2) is 0 Å². The van der Waals surface area contributed by atoms with Crippen molar-refractivity contribution in [3.05, 3.63) is 46.0 Å². The second kappa shape index (κ2) is 5.32. The molecule has 0 saturated carbocycles. The van der Waals surface area contributed by atoms with Crippen molar-refractivity contribution in [3.63, 3.8) is 0 Å². The van der Waals surface area contributed by atoms with Gasteiger partial charge in [0.25, 0.3) is 0 Å². The first-order valence-electron chi connectivity index (χ1n) is 5.61. The SMILES string of the molecule is CCc1ccc(CC(NC)c2ccco2)s1. The van der Waals surface area contributed by atoms with Gasteiger partial charge in [-0.2, -0.15) is 0 Å². The summed E-state index contributed by atoms with van der Waals surface area (Å²) in [5, 5.41) is 3.29. The molecule has 2 rings (SSSR count). The summed E-state index contributed by atoms with van der Waals surface area (Å²) in [6.45, 7) is 2.19. The highest BCUT2D eigenvalue weighted by Crippen LogP contribution is 2.24. The van der Waals surface area contributed by atoms with Gasteiger partial charge in [0.2, 0.25) is 0 Å². The summed E-state index contributed by atoms with van der Waals surface area (Å²) >= 11 is 1.89. The molecule has 0 aliphatic carbocycles. The van der Waals surface area contributed by atoms with Crippen molar-refractivity contribution in [1.82, 2.24) is 5.32 Å². The van der Waals surface area contributed by atoms with E-state index in [9.17, 15) is 0 Å². The van der Waals surface area contributed by atoms with Crippen LogP contribution in [0, 0.1) is 0 Å². The van der Waals surface area contributed by atoms with Crippen LogP contribution < -0.4 is 5.32 Å². The molecule has 0 aliphatic rings. The molecule has 0 fully saturated rings. The number of likely N-dealkylation sites (N-methyl/N-ethyl adjacent to an activating group) is 1. The smallest absolute Gasteiger partial charge is 0.121 e. The third kappa shape index (κ3) is 2.54. The van der Waals surface area contributed by atoms with Crippen LogP contribution in [0.5, 0.6) is 0 Å². The van der Waals surface area contributed by atoms with Crippen LogP contribution in [0.3, 0.4) is 0 Å². The average molecular weight is 235 g/mol. The fourth-order valence-electron chi connectivity index (χ4n) is 1.76.